The molecule has 0 saturated carbocycles. The maximum atomic E-state index is 12.4. The van der Waals surface area contributed by atoms with E-state index in [1.807, 2.05) is 24.3 Å². The summed E-state index contributed by atoms with van der Waals surface area (Å²) in [6, 6.07) is 13.1. The van der Waals surface area contributed by atoms with E-state index in [0.29, 0.717) is 0 Å². The summed E-state index contributed by atoms with van der Waals surface area (Å²) >= 11 is 0. The van der Waals surface area contributed by atoms with Crippen molar-refractivity contribution in [2.75, 3.05) is 13.1 Å². The summed E-state index contributed by atoms with van der Waals surface area (Å²) in [7, 11) is -3.68. The molecule has 0 amide bonds. The Hall–Kier alpha value is -2.22. The standard InChI is InChI=1S/C20H24N2O4S/c23-20(24)18-8-10-19(11-9-18)27(25,26)21-14-16-4-6-17(7-5-16)15-22-12-2-1-3-13-22/h4-11,21H,1-3,12-15H2,(H,23,24). The van der Waals surface area contributed by atoms with E-state index in [2.05, 4.69) is 9.62 Å². The fourth-order valence-electron chi connectivity index (χ4n) is 3.18. The second-order valence-corrected chi connectivity index (χ2v) is 8.57. The topological polar surface area (TPSA) is 86.7 Å². The highest BCUT2D eigenvalue weighted by Crippen LogP contribution is 2.15. The Balaban J connectivity index is 1.57. The number of benzene rings is 2. The molecule has 0 aliphatic carbocycles. The van der Waals surface area contributed by atoms with E-state index >= 15 is 0 Å². The van der Waals surface area contributed by atoms with E-state index < -0.39 is 16.0 Å². The monoisotopic (exact) mass is 388 g/mol. The third kappa shape index (κ3) is 5.38. The van der Waals surface area contributed by atoms with Crippen LogP contribution in [0.15, 0.2) is 53.4 Å². The van der Waals surface area contributed by atoms with Crippen LogP contribution in [0.2, 0.25) is 0 Å². The molecule has 144 valence electrons. The Morgan fingerprint density at radius 3 is 2.11 bits per heavy atom. The van der Waals surface area contributed by atoms with E-state index in [1.54, 1.807) is 0 Å². The number of hydrogen-bond donors (Lipinski definition) is 2. The molecule has 2 N–H and O–H groups in total. The maximum Gasteiger partial charge on any atom is 0.335 e. The molecule has 2 aromatic carbocycles. The Kier molecular flexibility index (Phi) is 6.26. The summed E-state index contributed by atoms with van der Waals surface area (Å²) in [5, 5.41) is 8.89. The third-order valence-corrected chi connectivity index (χ3v) is 6.17. The Bertz CT molecular complexity index is 871. The number of carboxylic acid groups (broad SMARTS) is 1. The molecule has 1 saturated heterocycles. The van der Waals surface area contributed by atoms with E-state index in [9.17, 15) is 13.2 Å². The second kappa shape index (κ2) is 8.65. The summed E-state index contributed by atoms with van der Waals surface area (Å²) in [5.74, 6) is -1.09. The average Bonchev–Trinajstić information content (AvgIpc) is 2.68. The number of rotatable bonds is 7. The predicted octanol–water partition coefficient (Wildman–Crippen LogP) is 2.85. The highest BCUT2D eigenvalue weighted by atomic mass is 32.2. The Labute approximate surface area is 159 Å². The molecule has 1 fully saturated rings. The zero-order chi connectivity index (χ0) is 19.3. The molecule has 1 heterocycles. The number of nitrogens with one attached hydrogen (secondary N) is 1. The van der Waals surface area contributed by atoms with Crippen molar-refractivity contribution in [3.05, 3.63) is 65.2 Å². The molecular weight excluding hydrogens is 364 g/mol. The molecule has 27 heavy (non-hydrogen) atoms. The van der Waals surface area contributed by atoms with E-state index in [4.69, 9.17) is 5.11 Å². The normalized spacial score (nSPS) is 15.6. The van der Waals surface area contributed by atoms with Crippen molar-refractivity contribution in [2.45, 2.75) is 37.2 Å². The van der Waals surface area contributed by atoms with Gasteiger partial charge in [-0.25, -0.2) is 17.9 Å². The van der Waals surface area contributed by atoms with Crippen molar-refractivity contribution in [1.29, 1.82) is 0 Å². The summed E-state index contributed by atoms with van der Waals surface area (Å²) in [5.41, 5.74) is 2.16. The number of sulfonamides is 1. The Morgan fingerprint density at radius 1 is 0.926 bits per heavy atom. The number of piperidine rings is 1. The quantitative estimate of drug-likeness (QED) is 0.762. The van der Waals surface area contributed by atoms with Crippen molar-refractivity contribution in [3.8, 4) is 0 Å². The average molecular weight is 388 g/mol. The molecule has 0 spiro atoms. The molecule has 2 aromatic rings. The highest BCUT2D eigenvalue weighted by Gasteiger charge is 2.15. The summed E-state index contributed by atoms with van der Waals surface area (Å²) in [6.45, 7) is 3.40. The first-order chi connectivity index (χ1) is 12.9. The zero-order valence-corrected chi connectivity index (χ0v) is 15.9. The van der Waals surface area contributed by atoms with Gasteiger partial charge in [-0.05, 0) is 61.3 Å². The molecule has 0 bridgehead atoms. The molecule has 1 aliphatic rings. The van der Waals surface area contributed by atoms with Gasteiger partial charge in [0.25, 0.3) is 0 Å². The molecule has 0 atom stereocenters. The number of likely N-dealkylation sites (tertiary alicyclic amines) is 1. The van der Waals surface area contributed by atoms with Gasteiger partial charge in [-0.1, -0.05) is 30.7 Å². The van der Waals surface area contributed by atoms with Gasteiger partial charge in [0.05, 0.1) is 10.5 Å². The van der Waals surface area contributed by atoms with E-state index in [1.165, 1.54) is 49.1 Å². The van der Waals surface area contributed by atoms with Gasteiger partial charge in [0.2, 0.25) is 10.0 Å². The highest BCUT2D eigenvalue weighted by molar-refractivity contribution is 7.89. The van der Waals surface area contributed by atoms with Gasteiger partial charge in [0.1, 0.15) is 0 Å². The molecule has 0 unspecified atom stereocenters. The molecular formula is C20H24N2O4S. The van der Waals surface area contributed by atoms with Crippen LogP contribution < -0.4 is 4.72 Å². The van der Waals surface area contributed by atoms with Crippen LogP contribution >= 0.6 is 0 Å². The van der Waals surface area contributed by atoms with Crippen LogP contribution in [-0.4, -0.2) is 37.5 Å². The van der Waals surface area contributed by atoms with Gasteiger partial charge in [0, 0.05) is 13.1 Å². The van der Waals surface area contributed by atoms with Crippen LogP contribution in [0.4, 0.5) is 0 Å². The first-order valence-electron chi connectivity index (χ1n) is 9.07. The number of carbonyl (C=O) groups is 1. The molecule has 6 nitrogen and oxygen atoms in total. The second-order valence-electron chi connectivity index (χ2n) is 6.81. The maximum absolute atomic E-state index is 12.4. The fourth-order valence-corrected chi connectivity index (χ4v) is 4.19. The number of aromatic carboxylic acids is 1. The predicted molar refractivity (Wildman–Crippen MR) is 103 cm³/mol. The Morgan fingerprint density at radius 2 is 1.52 bits per heavy atom. The minimum absolute atomic E-state index is 0.0502. The van der Waals surface area contributed by atoms with Crippen molar-refractivity contribution in [2.24, 2.45) is 0 Å². The van der Waals surface area contributed by atoms with Crippen molar-refractivity contribution in [1.82, 2.24) is 9.62 Å². The molecule has 3 rings (SSSR count). The largest absolute Gasteiger partial charge is 0.478 e. The number of nitrogens with zero attached hydrogens (tertiary/aromatic N) is 1. The van der Waals surface area contributed by atoms with Crippen molar-refractivity contribution >= 4 is 16.0 Å². The molecule has 1 aliphatic heterocycles. The lowest BCUT2D eigenvalue weighted by molar-refractivity contribution is 0.0696. The van der Waals surface area contributed by atoms with Gasteiger partial charge in [-0.3, -0.25) is 4.90 Å². The van der Waals surface area contributed by atoms with Gasteiger partial charge in [0.15, 0.2) is 0 Å². The number of hydrogen-bond acceptors (Lipinski definition) is 4. The van der Waals surface area contributed by atoms with E-state index in [-0.39, 0.29) is 17.0 Å². The van der Waals surface area contributed by atoms with Crippen LogP contribution in [0.25, 0.3) is 0 Å². The fraction of sp³-hybridized carbons (Fsp3) is 0.350. The van der Waals surface area contributed by atoms with Gasteiger partial charge in [-0.2, -0.15) is 0 Å². The molecule has 7 heteroatoms. The minimum atomic E-state index is -3.68. The first-order valence-corrected chi connectivity index (χ1v) is 10.6. The lowest BCUT2D eigenvalue weighted by atomic mass is 10.1. The number of carboxylic acids is 1. The lowest BCUT2D eigenvalue weighted by Gasteiger charge is -2.26. The zero-order valence-electron chi connectivity index (χ0n) is 15.1. The van der Waals surface area contributed by atoms with Gasteiger partial charge < -0.3 is 5.11 Å². The van der Waals surface area contributed by atoms with Crippen LogP contribution in [-0.2, 0) is 23.1 Å². The van der Waals surface area contributed by atoms with Crippen LogP contribution in [0.1, 0.15) is 40.7 Å². The summed E-state index contributed by atoms with van der Waals surface area (Å²) in [6.07, 6.45) is 3.83. The summed E-state index contributed by atoms with van der Waals surface area (Å²) in [4.78, 5) is 13.4. The molecule has 0 aromatic heterocycles. The van der Waals surface area contributed by atoms with Gasteiger partial charge >= 0.3 is 5.97 Å². The van der Waals surface area contributed by atoms with Crippen LogP contribution in [0.3, 0.4) is 0 Å². The van der Waals surface area contributed by atoms with Crippen molar-refractivity contribution in [3.63, 3.8) is 0 Å². The minimum Gasteiger partial charge on any atom is -0.478 e. The smallest absolute Gasteiger partial charge is 0.335 e. The van der Waals surface area contributed by atoms with Crippen LogP contribution in [0, 0.1) is 0 Å². The van der Waals surface area contributed by atoms with Gasteiger partial charge in [-0.15, -0.1) is 0 Å². The first kappa shape index (κ1) is 19.5. The third-order valence-electron chi connectivity index (χ3n) is 4.76. The van der Waals surface area contributed by atoms with E-state index in [0.717, 1.165) is 25.2 Å². The van der Waals surface area contributed by atoms with Crippen molar-refractivity contribution < 1.29 is 18.3 Å². The molecule has 0 radical (unpaired) electrons. The van der Waals surface area contributed by atoms with Crippen LogP contribution in [0.5, 0.6) is 0 Å². The summed E-state index contributed by atoms with van der Waals surface area (Å²) < 4.78 is 27.3. The SMILES string of the molecule is O=C(O)c1ccc(S(=O)(=O)NCc2ccc(CN3CCCCC3)cc2)cc1. The lowest BCUT2D eigenvalue weighted by Crippen LogP contribution is -2.29.